The summed E-state index contributed by atoms with van der Waals surface area (Å²) < 4.78 is 0.738. The van der Waals surface area contributed by atoms with Gasteiger partial charge in [-0.3, -0.25) is 4.79 Å². The lowest BCUT2D eigenvalue weighted by Gasteiger charge is -2.18. The normalized spacial score (nSPS) is 10.2. The number of amides is 1. The van der Waals surface area contributed by atoms with E-state index in [0.29, 0.717) is 11.3 Å². The number of anilines is 1. The predicted molar refractivity (Wildman–Crippen MR) is 85.0 cm³/mol. The van der Waals surface area contributed by atoms with Gasteiger partial charge in [-0.1, -0.05) is 6.07 Å². The first-order valence-corrected chi connectivity index (χ1v) is 7.07. The minimum atomic E-state index is -0.989. The molecule has 0 saturated carbocycles. The topological polar surface area (TPSA) is 57.6 Å². The van der Waals surface area contributed by atoms with E-state index < -0.39 is 5.97 Å². The molecule has 0 radical (unpaired) electrons. The Labute approximate surface area is 131 Å². The fraction of sp³-hybridized carbons (Fsp3) is 0.125. The van der Waals surface area contributed by atoms with Crippen LogP contribution in [0.4, 0.5) is 5.69 Å². The molecular formula is C16H14BrNO3. The standard InChI is InChI=1S/C16H14BrNO3/c1-10-3-8-13(14(17)9-10)15(19)18(2)12-6-4-11(5-7-12)16(20)21/h3-9H,1-2H3,(H,20,21). The molecule has 0 fully saturated rings. The van der Waals surface area contributed by atoms with E-state index in [2.05, 4.69) is 15.9 Å². The van der Waals surface area contributed by atoms with Crippen LogP contribution >= 0.6 is 15.9 Å². The van der Waals surface area contributed by atoms with Crippen LogP contribution in [0.2, 0.25) is 0 Å². The molecule has 0 spiro atoms. The van der Waals surface area contributed by atoms with E-state index in [1.54, 1.807) is 25.2 Å². The van der Waals surface area contributed by atoms with Crippen molar-refractivity contribution in [2.24, 2.45) is 0 Å². The number of carboxylic acid groups (broad SMARTS) is 1. The largest absolute Gasteiger partial charge is 0.478 e. The van der Waals surface area contributed by atoms with E-state index in [0.717, 1.165) is 10.0 Å². The molecule has 2 aromatic carbocycles. The van der Waals surface area contributed by atoms with Gasteiger partial charge in [0.1, 0.15) is 0 Å². The predicted octanol–water partition coefficient (Wildman–Crippen LogP) is 3.73. The van der Waals surface area contributed by atoms with Crippen LogP contribution in [0.3, 0.4) is 0 Å². The van der Waals surface area contributed by atoms with Gasteiger partial charge < -0.3 is 10.0 Å². The molecule has 1 amide bonds. The lowest BCUT2D eigenvalue weighted by Crippen LogP contribution is -2.26. The quantitative estimate of drug-likeness (QED) is 0.920. The monoisotopic (exact) mass is 347 g/mol. The lowest BCUT2D eigenvalue weighted by atomic mass is 10.1. The number of hydrogen-bond acceptors (Lipinski definition) is 2. The number of halogens is 1. The molecule has 108 valence electrons. The van der Waals surface area contributed by atoms with Crippen molar-refractivity contribution in [2.75, 3.05) is 11.9 Å². The average Bonchev–Trinajstić information content (AvgIpc) is 2.46. The fourth-order valence-electron chi connectivity index (χ4n) is 1.92. The molecule has 4 nitrogen and oxygen atoms in total. The Hall–Kier alpha value is -2.14. The molecule has 2 rings (SSSR count). The average molecular weight is 348 g/mol. The zero-order valence-corrected chi connectivity index (χ0v) is 13.2. The van der Waals surface area contributed by atoms with Crippen molar-refractivity contribution in [1.82, 2.24) is 0 Å². The second-order valence-electron chi connectivity index (χ2n) is 4.70. The summed E-state index contributed by atoms with van der Waals surface area (Å²) in [5.74, 6) is -1.15. The molecule has 0 aliphatic rings. The second-order valence-corrected chi connectivity index (χ2v) is 5.55. The summed E-state index contributed by atoms with van der Waals surface area (Å²) in [6, 6.07) is 11.7. The van der Waals surface area contributed by atoms with Crippen LogP contribution in [0.15, 0.2) is 46.9 Å². The third-order valence-corrected chi connectivity index (χ3v) is 3.82. The highest BCUT2D eigenvalue weighted by atomic mass is 79.9. The molecule has 2 aromatic rings. The van der Waals surface area contributed by atoms with Crippen molar-refractivity contribution in [1.29, 1.82) is 0 Å². The van der Waals surface area contributed by atoms with Crippen LogP contribution < -0.4 is 4.90 Å². The summed E-state index contributed by atoms with van der Waals surface area (Å²) in [5.41, 5.74) is 2.45. The Balaban J connectivity index is 2.28. The van der Waals surface area contributed by atoms with Gasteiger partial charge >= 0.3 is 5.97 Å². The van der Waals surface area contributed by atoms with Gasteiger partial charge in [0.05, 0.1) is 11.1 Å². The van der Waals surface area contributed by atoms with Crippen LogP contribution in [-0.2, 0) is 0 Å². The first-order valence-electron chi connectivity index (χ1n) is 6.27. The smallest absolute Gasteiger partial charge is 0.335 e. The molecule has 0 aliphatic heterocycles. The van der Waals surface area contributed by atoms with E-state index in [1.165, 1.54) is 17.0 Å². The summed E-state index contributed by atoms with van der Waals surface area (Å²) in [6.07, 6.45) is 0. The number of nitrogens with zero attached hydrogens (tertiary/aromatic N) is 1. The number of aryl methyl sites for hydroxylation is 1. The SMILES string of the molecule is Cc1ccc(C(=O)N(C)c2ccc(C(=O)O)cc2)c(Br)c1. The summed E-state index contributed by atoms with van der Waals surface area (Å²) in [5, 5.41) is 8.88. The van der Waals surface area contributed by atoms with Crippen LogP contribution in [-0.4, -0.2) is 24.0 Å². The highest BCUT2D eigenvalue weighted by Crippen LogP contribution is 2.22. The molecule has 5 heteroatoms. The highest BCUT2D eigenvalue weighted by molar-refractivity contribution is 9.10. The zero-order valence-electron chi connectivity index (χ0n) is 11.6. The number of carbonyl (C=O) groups excluding carboxylic acids is 1. The van der Waals surface area contributed by atoms with E-state index in [4.69, 9.17) is 5.11 Å². The lowest BCUT2D eigenvalue weighted by molar-refractivity contribution is 0.0696. The Morgan fingerprint density at radius 3 is 2.24 bits per heavy atom. The van der Waals surface area contributed by atoms with Crippen molar-refractivity contribution in [3.8, 4) is 0 Å². The molecule has 21 heavy (non-hydrogen) atoms. The van der Waals surface area contributed by atoms with Gasteiger partial charge in [-0.05, 0) is 64.8 Å². The maximum atomic E-state index is 12.5. The molecular weight excluding hydrogens is 334 g/mol. The van der Waals surface area contributed by atoms with Crippen LogP contribution in [0.1, 0.15) is 26.3 Å². The van der Waals surface area contributed by atoms with Crippen LogP contribution in [0, 0.1) is 6.92 Å². The summed E-state index contributed by atoms with van der Waals surface area (Å²) >= 11 is 3.39. The first-order chi connectivity index (χ1) is 9.90. The van der Waals surface area contributed by atoms with Gasteiger partial charge in [-0.15, -0.1) is 0 Å². The maximum absolute atomic E-state index is 12.5. The number of aromatic carboxylic acids is 1. The van der Waals surface area contributed by atoms with E-state index in [1.807, 2.05) is 19.1 Å². The van der Waals surface area contributed by atoms with Crippen molar-refractivity contribution in [2.45, 2.75) is 6.92 Å². The molecule has 1 N–H and O–H groups in total. The second kappa shape index (κ2) is 6.10. The number of carboxylic acids is 1. The minimum absolute atomic E-state index is 0.162. The van der Waals surface area contributed by atoms with Crippen LogP contribution in [0.25, 0.3) is 0 Å². The Kier molecular flexibility index (Phi) is 4.43. The summed E-state index contributed by atoms with van der Waals surface area (Å²) in [4.78, 5) is 24.8. The van der Waals surface area contributed by atoms with Crippen molar-refractivity contribution >= 4 is 33.5 Å². The maximum Gasteiger partial charge on any atom is 0.335 e. The van der Waals surface area contributed by atoms with Gasteiger partial charge in [0.25, 0.3) is 5.91 Å². The van der Waals surface area contributed by atoms with Gasteiger partial charge in [0.15, 0.2) is 0 Å². The summed E-state index contributed by atoms with van der Waals surface area (Å²) in [6.45, 7) is 1.95. The van der Waals surface area contributed by atoms with Crippen molar-refractivity contribution in [3.05, 3.63) is 63.6 Å². The molecule has 0 heterocycles. The third kappa shape index (κ3) is 3.31. The Morgan fingerprint density at radius 2 is 1.71 bits per heavy atom. The number of benzene rings is 2. The number of rotatable bonds is 3. The van der Waals surface area contributed by atoms with E-state index in [9.17, 15) is 9.59 Å². The van der Waals surface area contributed by atoms with Crippen molar-refractivity contribution < 1.29 is 14.7 Å². The first kappa shape index (κ1) is 15.3. The number of hydrogen-bond donors (Lipinski definition) is 1. The van der Waals surface area contributed by atoms with Gasteiger partial charge in [-0.25, -0.2) is 4.79 Å². The highest BCUT2D eigenvalue weighted by Gasteiger charge is 2.16. The molecule has 0 saturated heterocycles. The third-order valence-electron chi connectivity index (χ3n) is 3.16. The summed E-state index contributed by atoms with van der Waals surface area (Å²) in [7, 11) is 1.66. The van der Waals surface area contributed by atoms with E-state index >= 15 is 0 Å². The molecule has 0 bridgehead atoms. The molecule has 0 atom stereocenters. The van der Waals surface area contributed by atoms with Gasteiger partial charge in [-0.2, -0.15) is 0 Å². The number of carbonyl (C=O) groups is 2. The van der Waals surface area contributed by atoms with Crippen LogP contribution in [0.5, 0.6) is 0 Å². The van der Waals surface area contributed by atoms with Gasteiger partial charge in [0, 0.05) is 17.2 Å². The zero-order chi connectivity index (χ0) is 15.6. The van der Waals surface area contributed by atoms with Gasteiger partial charge in [0.2, 0.25) is 0 Å². The molecule has 0 unspecified atom stereocenters. The molecule has 0 aromatic heterocycles. The Morgan fingerprint density at radius 1 is 1.10 bits per heavy atom. The Bertz CT molecular complexity index is 695. The van der Waals surface area contributed by atoms with E-state index in [-0.39, 0.29) is 11.5 Å². The minimum Gasteiger partial charge on any atom is -0.478 e. The molecule has 0 aliphatic carbocycles. The fourth-order valence-corrected chi connectivity index (χ4v) is 2.58. The van der Waals surface area contributed by atoms with Crippen molar-refractivity contribution in [3.63, 3.8) is 0 Å².